The Labute approximate surface area is 171 Å². The SMILES string of the molecule is CCC(=O)N1CC[C@H]2CC(=O)Nc3ccc(-c4cnn(C)c4)cc3OCC[C@H]2C1. The summed E-state index contributed by atoms with van der Waals surface area (Å²) in [5.41, 5.74) is 2.71. The number of hydrogen-bond acceptors (Lipinski definition) is 4. The van der Waals surface area contributed by atoms with Gasteiger partial charge in [0.15, 0.2) is 0 Å². The van der Waals surface area contributed by atoms with Crippen molar-refractivity contribution >= 4 is 17.5 Å². The van der Waals surface area contributed by atoms with E-state index >= 15 is 0 Å². The van der Waals surface area contributed by atoms with Crippen molar-refractivity contribution in [2.75, 3.05) is 25.0 Å². The molecule has 0 bridgehead atoms. The van der Waals surface area contributed by atoms with Crippen molar-refractivity contribution in [2.45, 2.75) is 32.6 Å². The molecule has 154 valence electrons. The Bertz CT molecular complexity index is 907. The van der Waals surface area contributed by atoms with E-state index in [1.807, 2.05) is 49.5 Å². The molecule has 0 saturated carbocycles. The van der Waals surface area contributed by atoms with Crippen LogP contribution in [0.15, 0.2) is 30.6 Å². The molecule has 0 unspecified atom stereocenters. The summed E-state index contributed by atoms with van der Waals surface area (Å²) in [6, 6.07) is 5.83. The normalized spacial score (nSPS) is 22.1. The van der Waals surface area contributed by atoms with Crippen molar-refractivity contribution in [3.8, 4) is 16.9 Å². The fourth-order valence-corrected chi connectivity index (χ4v) is 4.38. The third-order valence-corrected chi connectivity index (χ3v) is 6.03. The molecule has 29 heavy (non-hydrogen) atoms. The van der Waals surface area contributed by atoms with Gasteiger partial charge in [-0.05, 0) is 42.4 Å². The molecule has 1 N–H and O–H groups in total. The Morgan fingerprint density at radius 2 is 2.14 bits per heavy atom. The number of carbonyl (C=O) groups excluding carboxylic acids is 2. The zero-order valence-electron chi connectivity index (χ0n) is 17.1. The Balaban J connectivity index is 1.54. The summed E-state index contributed by atoms with van der Waals surface area (Å²) in [4.78, 5) is 26.8. The van der Waals surface area contributed by atoms with E-state index in [0.29, 0.717) is 30.9 Å². The third-order valence-electron chi connectivity index (χ3n) is 6.03. The van der Waals surface area contributed by atoms with Crippen molar-refractivity contribution < 1.29 is 14.3 Å². The first-order valence-corrected chi connectivity index (χ1v) is 10.4. The molecule has 7 nitrogen and oxygen atoms in total. The molecule has 1 saturated heterocycles. The highest BCUT2D eigenvalue weighted by Gasteiger charge is 2.33. The number of piperidine rings is 1. The highest BCUT2D eigenvalue weighted by atomic mass is 16.5. The lowest BCUT2D eigenvalue weighted by Crippen LogP contribution is -2.45. The second-order valence-corrected chi connectivity index (χ2v) is 8.01. The maximum Gasteiger partial charge on any atom is 0.224 e. The number of hydrogen-bond donors (Lipinski definition) is 1. The van der Waals surface area contributed by atoms with Crippen LogP contribution in [-0.4, -0.2) is 46.2 Å². The predicted octanol–water partition coefficient (Wildman–Crippen LogP) is 3.07. The number of fused-ring (bicyclic) bond motifs is 2. The molecule has 3 heterocycles. The third kappa shape index (κ3) is 4.28. The number of nitrogens with zero attached hydrogens (tertiary/aromatic N) is 3. The first-order valence-electron chi connectivity index (χ1n) is 10.4. The molecule has 0 radical (unpaired) electrons. The standard InChI is InChI=1S/C22H28N4O3/c1-3-22(28)26-8-6-16-11-21(27)24-19-5-4-15(18-12-23-25(2)13-18)10-20(19)29-9-7-17(16)14-26/h4-5,10,12-13,16-17H,3,6-9,11,14H2,1-2H3,(H,24,27)/t16-,17-/m0/s1. The fourth-order valence-electron chi connectivity index (χ4n) is 4.38. The van der Waals surface area contributed by atoms with Gasteiger partial charge in [0.05, 0.1) is 18.5 Å². The lowest BCUT2D eigenvalue weighted by atomic mass is 9.81. The number of aromatic nitrogens is 2. The molecule has 2 amide bonds. The molecule has 2 aromatic rings. The number of amides is 2. The van der Waals surface area contributed by atoms with Crippen LogP contribution in [0.3, 0.4) is 0 Å². The van der Waals surface area contributed by atoms with E-state index in [-0.39, 0.29) is 23.7 Å². The van der Waals surface area contributed by atoms with Gasteiger partial charge in [-0.1, -0.05) is 13.0 Å². The minimum atomic E-state index is 0.0103. The highest BCUT2D eigenvalue weighted by molar-refractivity contribution is 5.93. The maximum absolute atomic E-state index is 12.7. The van der Waals surface area contributed by atoms with Crippen LogP contribution in [0.4, 0.5) is 5.69 Å². The molecule has 0 aliphatic carbocycles. The first kappa shape index (κ1) is 19.5. The molecule has 1 aromatic carbocycles. The second-order valence-electron chi connectivity index (χ2n) is 8.01. The number of anilines is 1. The number of nitrogens with one attached hydrogen (secondary N) is 1. The quantitative estimate of drug-likeness (QED) is 0.846. The van der Waals surface area contributed by atoms with Crippen molar-refractivity contribution in [1.82, 2.24) is 14.7 Å². The monoisotopic (exact) mass is 396 g/mol. The van der Waals surface area contributed by atoms with Crippen molar-refractivity contribution in [3.05, 3.63) is 30.6 Å². The molecular weight excluding hydrogens is 368 g/mol. The number of rotatable bonds is 2. The van der Waals surface area contributed by atoms with E-state index < -0.39 is 0 Å². The first-order chi connectivity index (χ1) is 14.0. The zero-order valence-corrected chi connectivity index (χ0v) is 17.1. The van der Waals surface area contributed by atoms with Gasteiger partial charge in [0.25, 0.3) is 0 Å². The summed E-state index contributed by atoms with van der Waals surface area (Å²) in [7, 11) is 1.88. The summed E-state index contributed by atoms with van der Waals surface area (Å²) in [6.07, 6.45) is 6.49. The molecule has 7 heteroatoms. The molecule has 1 fully saturated rings. The number of likely N-dealkylation sites (tertiary alicyclic amines) is 1. The van der Waals surface area contributed by atoms with Crippen molar-refractivity contribution in [3.63, 3.8) is 0 Å². The molecule has 2 atom stereocenters. The molecule has 2 aliphatic rings. The Kier molecular flexibility index (Phi) is 5.56. The number of ether oxygens (including phenoxy) is 1. The van der Waals surface area contributed by atoms with Gasteiger partial charge >= 0.3 is 0 Å². The topological polar surface area (TPSA) is 76.5 Å². The van der Waals surface area contributed by atoms with Crippen LogP contribution in [-0.2, 0) is 16.6 Å². The number of aryl methyl sites for hydroxylation is 1. The minimum Gasteiger partial charge on any atom is -0.491 e. The summed E-state index contributed by atoms with van der Waals surface area (Å²) in [6.45, 7) is 3.92. The van der Waals surface area contributed by atoms with Gasteiger partial charge in [-0.15, -0.1) is 0 Å². The average Bonchev–Trinajstić information content (AvgIpc) is 3.15. The fraction of sp³-hybridized carbons (Fsp3) is 0.500. The summed E-state index contributed by atoms with van der Waals surface area (Å²) < 4.78 is 7.87. The van der Waals surface area contributed by atoms with E-state index in [2.05, 4.69) is 10.4 Å². The van der Waals surface area contributed by atoms with E-state index in [1.165, 1.54) is 0 Å². The van der Waals surface area contributed by atoms with Crippen molar-refractivity contribution in [2.24, 2.45) is 18.9 Å². The number of benzene rings is 1. The van der Waals surface area contributed by atoms with Crippen LogP contribution in [0.5, 0.6) is 5.75 Å². The second kappa shape index (κ2) is 8.27. The molecule has 1 aromatic heterocycles. The Hall–Kier alpha value is -2.83. The van der Waals surface area contributed by atoms with Gasteiger partial charge in [0.1, 0.15) is 5.75 Å². The summed E-state index contributed by atoms with van der Waals surface area (Å²) in [5.74, 6) is 1.45. The van der Waals surface area contributed by atoms with E-state index in [1.54, 1.807) is 4.68 Å². The van der Waals surface area contributed by atoms with Crippen LogP contribution in [0.2, 0.25) is 0 Å². The Morgan fingerprint density at radius 1 is 1.28 bits per heavy atom. The van der Waals surface area contributed by atoms with E-state index in [4.69, 9.17) is 4.74 Å². The van der Waals surface area contributed by atoms with Crippen molar-refractivity contribution in [1.29, 1.82) is 0 Å². The average molecular weight is 396 g/mol. The van der Waals surface area contributed by atoms with Gasteiger partial charge in [0.2, 0.25) is 11.8 Å². The minimum absolute atomic E-state index is 0.0103. The van der Waals surface area contributed by atoms with Crippen LogP contribution in [0.25, 0.3) is 11.1 Å². The van der Waals surface area contributed by atoms with Crippen LogP contribution < -0.4 is 10.1 Å². The maximum atomic E-state index is 12.7. The molecular formula is C22H28N4O3. The van der Waals surface area contributed by atoms with Crippen LogP contribution in [0, 0.1) is 11.8 Å². The highest BCUT2D eigenvalue weighted by Crippen LogP contribution is 2.35. The largest absolute Gasteiger partial charge is 0.491 e. The van der Waals surface area contributed by atoms with E-state index in [9.17, 15) is 9.59 Å². The van der Waals surface area contributed by atoms with Crippen LogP contribution in [0.1, 0.15) is 32.6 Å². The van der Waals surface area contributed by atoms with Gasteiger partial charge in [0, 0.05) is 44.7 Å². The lowest BCUT2D eigenvalue weighted by molar-refractivity contribution is -0.133. The summed E-state index contributed by atoms with van der Waals surface area (Å²) >= 11 is 0. The van der Waals surface area contributed by atoms with E-state index in [0.717, 1.165) is 37.1 Å². The lowest BCUT2D eigenvalue weighted by Gasteiger charge is -2.39. The zero-order chi connectivity index (χ0) is 20.4. The predicted molar refractivity (Wildman–Crippen MR) is 110 cm³/mol. The molecule has 4 rings (SSSR count). The van der Waals surface area contributed by atoms with Crippen LogP contribution >= 0.6 is 0 Å². The molecule has 0 spiro atoms. The van der Waals surface area contributed by atoms with Gasteiger partial charge < -0.3 is 15.0 Å². The van der Waals surface area contributed by atoms with Gasteiger partial charge in [-0.2, -0.15) is 5.10 Å². The smallest absolute Gasteiger partial charge is 0.224 e. The summed E-state index contributed by atoms with van der Waals surface area (Å²) in [5, 5.41) is 7.25. The van der Waals surface area contributed by atoms with Gasteiger partial charge in [-0.3, -0.25) is 14.3 Å². The van der Waals surface area contributed by atoms with Gasteiger partial charge in [-0.25, -0.2) is 0 Å². The number of carbonyl (C=O) groups is 2. The molecule has 2 aliphatic heterocycles. The Morgan fingerprint density at radius 3 is 2.90 bits per heavy atom.